The van der Waals surface area contributed by atoms with E-state index in [4.69, 9.17) is 4.74 Å². The van der Waals surface area contributed by atoms with E-state index in [0.29, 0.717) is 0 Å². The molecule has 214 valence electrons. The fourth-order valence-electron chi connectivity index (χ4n) is 4.68. The van der Waals surface area contributed by atoms with E-state index in [1.54, 1.807) is 25.7 Å². The Bertz CT molecular complexity index is 1180. The minimum atomic E-state index is -0.946. The van der Waals surface area contributed by atoms with Crippen molar-refractivity contribution in [2.45, 2.75) is 106 Å². The van der Waals surface area contributed by atoms with Crippen LogP contribution in [0.1, 0.15) is 89.2 Å². The topological polar surface area (TPSA) is 87.7 Å². The van der Waals surface area contributed by atoms with Gasteiger partial charge in [0.05, 0.1) is 0 Å². The summed E-state index contributed by atoms with van der Waals surface area (Å²) in [7, 11) is 0. The van der Waals surface area contributed by atoms with E-state index in [2.05, 4.69) is 10.6 Å². The number of anilines is 1. The third-order valence-electron chi connectivity index (χ3n) is 6.52. The molecule has 0 aliphatic rings. The molecule has 3 amide bonds. The first-order valence-electron chi connectivity index (χ1n) is 13.6. The van der Waals surface area contributed by atoms with Crippen molar-refractivity contribution in [3.63, 3.8) is 0 Å². The van der Waals surface area contributed by atoms with Crippen molar-refractivity contribution < 1.29 is 19.1 Å². The molecule has 39 heavy (non-hydrogen) atoms. The number of hydrogen-bond acceptors (Lipinski definition) is 4. The Morgan fingerprint density at radius 2 is 1.41 bits per heavy atom. The highest BCUT2D eigenvalue weighted by Crippen LogP contribution is 2.34. The van der Waals surface area contributed by atoms with E-state index in [1.165, 1.54) is 0 Å². The lowest BCUT2D eigenvalue weighted by Gasteiger charge is -2.44. The van der Waals surface area contributed by atoms with Crippen LogP contribution in [0.3, 0.4) is 0 Å². The minimum absolute atomic E-state index is 0.253. The van der Waals surface area contributed by atoms with Crippen LogP contribution in [0, 0.1) is 33.6 Å². The SMILES string of the molecule is Cc1ccc(C(C(=O)Nc2c(C)cccc2C)N(C(=O)C(NC(=O)OC(C)(C)C)C(C)C)C(C)(C)C)c(C)c1. The molecule has 0 heterocycles. The Hall–Kier alpha value is -3.35. The van der Waals surface area contributed by atoms with E-state index >= 15 is 0 Å². The molecule has 0 saturated heterocycles. The molecule has 2 N–H and O–H groups in total. The molecule has 0 radical (unpaired) electrons. The number of hydrogen-bond donors (Lipinski definition) is 2. The number of ether oxygens (including phenoxy) is 1. The summed E-state index contributed by atoms with van der Waals surface area (Å²) in [5.41, 5.74) is 3.81. The summed E-state index contributed by atoms with van der Waals surface area (Å²) in [4.78, 5) is 43.0. The van der Waals surface area contributed by atoms with Crippen LogP contribution < -0.4 is 10.6 Å². The number of amides is 3. The molecule has 2 aromatic rings. The Kier molecular flexibility index (Phi) is 9.99. The van der Waals surface area contributed by atoms with Crippen LogP contribution in [0.25, 0.3) is 0 Å². The normalized spacial score (nSPS) is 13.5. The number of alkyl carbamates (subject to hydrolysis) is 1. The molecule has 0 aliphatic carbocycles. The van der Waals surface area contributed by atoms with E-state index in [9.17, 15) is 14.4 Å². The highest BCUT2D eigenvalue weighted by atomic mass is 16.6. The molecule has 2 aromatic carbocycles. The van der Waals surface area contributed by atoms with Gasteiger partial charge in [-0.15, -0.1) is 0 Å². The lowest BCUT2D eigenvalue weighted by atomic mass is 9.90. The van der Waals surface area contributed by atoms with Gasteiger partial charge in [-0.05, 0) is 97.4 Å². The molecular weight excluding hydrogens is 490 g/mol. The van der Waals surface area contributed by atoms with Gasteiger partial charge < -0.3 is 20.3 Å². The number of rotatable bonds is 7. The third kappa shape index (κ3) is 8.32. The second-order valence-corrected chi connectivity index (χ2v) is 12.8. The molecule has 0 spiro atoms. The standard InChI is InChI=1S/C32H47N3O4/c1-19(2)25(34-30(38)39-32(10,11)12)29(37)35(31(7,8)9)27(24-17-16-20(3)18-23(24)6)28(36)33-26-21(4)14-13-15-22(26)5/h13-19,25,27H,1-12H3,(H,33,36)(H,34,38). The summed E-state index contributed by atoms with van der Waals surface area (Å²) in [6.45, 7) is 22.6. The van der Waals surface area contributed by atoms with Gasteiger partial charge in [0.1, 0.15) is 17.7 Å². The number of aryl methyl sites for hydroxylation is 4. The van der Waals surface area contributed by atoms with Crippen LogP contribution in [0.15, 0.2) is 36.4 Å². The number of nitrogens with zero attached hydrogens (tertiary/aromatic N) is 1. The second-order valence-electron chi connectivity index (χ2n) is 12.8. The van der Waals surface area contributed by atoms with Crippen LogP contribution in [0.4, 0.5) is 10.5 Å². The van der Waals surface area contributed by atoms with Crippen molar-refractivity contribution in [3.05, 3.63) is 64.2 Å². The smallest absolute Gasteiger partial charge is 0.408 e. The van der Waals surface area contributed by atoms with Gasteiger partial charge in [-0.25, -0.2) is 4.79 Å². The molecule has 7 heteroatoms. The Labute approximate surface area is 234 Å². The number of nitrogens with one attached hydrogen (secondary N) is 2. The maximum Gasteiger partial charge on any atom is 0.408 e. The predicted octanol–water partition coefficient (Wildman–Crippen LogP) is 6.78. The first-order chi connectivity index (χ1) is 17.8. The summed E-state index contributed by atoms with van der Waals surface area (Å²) in [6.07, 6.45) is -0.675. The maximum atomic E-state index is 14.4. The highest BCUT2D eigenvalue weighted by molar-refractivity contribution is 6.00. The van der Waals surface area contributed by atoms with Crippen LogP contribution in [-0.2, 0) is 14.3 Å². The lowest BCUT2D eigenvalue weighted by molar-refractivity contribution is -0.147. The van der Waals surface area contributed by atoms with Gasteiger partial charge in [-0.2, -0.15) is 0 Å². The van der Waals surface area contributed by atoms with E-state index in [1.807, 2.05) is 98.7 Å². The summed E-state index contributed by atoms with van der Waals surface area (Å²) >= 11 is 0. The molecule has 2 atom stereocenters. The lowest BCUT2D eigenvalue weighted by Crippen LogP contribution is -2.59. The van der Waals surface area contributed by atoms with Crippen molar-refractivity contribution in [1.82, 2.24) is 10.2 Å². The number of carbonyl (C=O) groups excluding carboxylic acids is 3. The van der Waals surface area contributed by atoms with Gasteiger partial charge >= 0.3 is 6.09 Å². The first kappa shape index (κ1) is 31.9. The van der Waals surface area contributed by atoms with E-state index in [-0.39, 0.29) is 17.7 Å². The predicted molar refractivity (Wildman–Crippen MR) is 158 cm³/mol. The minimum Gasteiger partial charge on any atom is -0.444 e. The second kappa shape index (κ2) is 12.2. The highest BCUT2D eigenvalue weighted by Gasteiger charge is 2.43. The Morgan fingerprint density at radius 1 is 0.846 bits per heavy atom. The van der Waals surface area contributed by atoms with Crippen molar-refractivity contribution >= 4 is 23.6 Å². The van der Waals surface area contributed by atoms with Crippen LogP contribution in [0.5, 0.6) is 0 Å². The third-order valence-corrected chi connectivity index (χ3v) is 6.52. The zero-order valence-electron chi connectivity index (χ0n) is 25.8. The molecule has 0 aliphatic heterocycles. The average Bonchev–Trinajstić information content (AvgIpc) is 2.76. The van der Waals surface area contributed by atoms with Gasteiger partial charge in [-0.3, -0.25) is 9.59 Å². The summed E-state index contributed by atoms with van der Waals surface area (Å²) in [6, 6.07) is 9.87. The largest absolute Gasteiger partial charge is 0.444 e. The van der Waals surface area contributed by atoms with Gasteiger partial charge in [0.2, 0.25) is 5.91 Å². The van der Waals surface area contributed by atoms with Gasteiger partial charge in [0.15, 0.2) is 0 Å². The molecule has 2 rings (SSSR count). The van der Waals surface area contributed by atoms with Crippen molar-refractivity contribution in [2.24, 2.45) is 5.92 Å². The van der Waals surface area contributed by atoms with Gasteiger partial charge in [0, 0.05) is 11.2 Å². The molecule has 0 bridgehead atoms. The van der Waals surface area contributed by atoms with Crippen LogP contribution in [0.2, 0.25) is 0 Å². The molecular formula is C32H47N3O4. The first-order valence-corrected chi connectivity index (χ1v) is 13.6. The van der Waals surface area contributed by atoms with Gasteiger partial charge in [-0.1, -0.05) is 55.8 Å². The number of carbonyl (C=O) groups is 3. The molecule has 0 saturated carbocycles. The zero-order chi connectivity index (χ0) is 29.9. The molecule has 0 fully saturated rings. The number of para-hydroxylation sites is 1. The summed E-state index contributed by atoms with van der Waals surface area (Å²) in [5.74, 6) is -0.927. The Morgan fingerprint density at radius 3 is 1.87 bits per heavy atom. The van der Waals surface area contributed by atoms with Gasteiger partial charge in [0.25, 0.3) is 5.91 Å². The van der Waals surface area contributed by atoms with Crippen molar-refractivity contribution in [3.8, 4) is 0 Å². The fourth-order valence-corrected chi connectivity index (χ4v) is 4.68. The van der Waals surface area contributed by atoms with E-state index < -0.39 is 29.3 Å². The molecule has 0 aromatic heterocycles. The zero-order valence-corrected chi connectivity index (χ0v) is 25.8. The van der Waals surface area contributed by atoms with Crippen LogP contribution >= 0.6 is 0 Å². The quantitative estimate of drug-likeness (QED) is 0.408. The average molecular weight is 538 g/mol. The molecule has 7 nitrogen and oxygen atoms in total. The fraction of sp³-hybridized carbons (Fsp3) is 0.531. The van der Waals surface area contributed by atoms with Crippen molar-refractivity contribution in [1.29, 1.82) is 0 Å². The number of benzene rings is 2. The van der Waals surface area contributed by atoms with Crippen molar-refractivity contribution in [2.75, 3.05) is 5.32 Å². The Balaban J connectivity index is 2.68. The van der Waals surface area contributed by atoms with Crippen LogP contribution in [-0.4, -0.2) is 40.0 Å². The monoisotopic (exact) mass is 537 g/mol. The molecule has 2 unspecified atom stereocenters. The summed E-state index contributed by atoms with van der Waals surface area (Å²) in [5, 5.41) is 5.90. The maximum absolute atomic E-state index is 14.4. The summed E-state index contributed by atoms with van der Waals surface area (Å²) < 4.78 is 5.46. The van der Waals surface area contributed by atoms with E-state index in [0.717, 1.165) is 33.5 Å².